The third-order valence-electron chi connectivity index (χ3n) is 4.26. The molecule has 0 saturated carbocycles. The highest BCUT2D eigenvalue weighted by Crippen LogP contribution is 2.36. The number of piperidine rings is 1. The molecule has 1 saturated heterocycles. The van der Waals surface area contributed by atoms with Crippen molar-refractivity contribution >= 4 is 23.3 Å². The molecule has 8 heteroatoms. The van der Waals surface area contributed by atoms with Crippen molar-refractivity contribution in [1.82, 2.24) is 4.98 Å². The number of nitrogens with two attached hydrogens (primary N) is 1. The summed E-state index contributed by atoms with van der Waals surface area (Å²) in [4.78, 5) is 27.5. The quantitative estimate of drug-likeness (QED) is 0.639. The van der Waals surface area contributed by atoms with Crippen molar-refractivity contribution in [2.24, 2.45) is 5.41 Å². The number of aliphatic carboxylic acids is 1. The molecule has 0 unspecified atom stereocenters. The summed E-state index contributed by atoms with van der Waals surface area (Å²) in [6, 6.07) is 2.88. The Labute approximate surface area is 121 Å². The zero-order valence-corrected chi connectivity index (χ0v) is 11.8. The highest BCUT2D eigenvalue weighted by molar-refractivity contribution is 5.75. The molecule has 1 aromatic heterocycles. The summed E-state index contributed by atoms with van der Waals surface area (Å²) in [7, 11) is 0. The predicted octanol–water partition coefficient (Wildman–Crippen LogP) is 1.65. The molecular weight excluding hydrogens is 276 g/mol. The summed E-state index contributed by atoms with van der Waals surface area (Å²) in [6.07, 6.45) is 1.64. The van der Waals surface area contributed by atoms with Crippen LogP contribution in [-0.4, -0.2) is 34.1 Å². The number of pyridine rings is 1. The van der Waals surface area contributed by atoms with E-state index < -0.39 is 16.3 Å². The third kappa shape index (κ3) is 2.74. The minimum Gasteiger partial charge on any atom is -0.481 e. The second-order valence-electron chi connectivity index (χ2n) is 5.26. The molecular formula is C13H18N4O4. The normalized spacial score (nSPS) is 17.5. The van der Waals surface area contributed by atoms with Gasteiger partial charge in [-0.05, 0) is 25.3 Å². The highest BCUT2D eigenvalue weighted by Gasteiger charge is 2.40. The summed E-state index contributed by atoms with van der Waals surface area (Å²) >= 11 is 0. The van der Waals surface area contributed by atoms with Crippen LogP contribution in [0.3, 0.4) is 0 Å². The molecule has 0 atom stereocenters. The molecule has 2 heterocycles. The van der Waals surface area contributed by atoms with E-state index in [-0.39, 0.29) is 11.5 Å². The summed E-state index contributed by atoms with van der Waals surface area (Å²) in [5.41, 5.74) is 4.69. The van der Waals surface area contributed by atoms with Gasteiger partial charge in [-0.3, -0.25) is 14.9 Å². The zero-order valence-electron chi connectivity index (χ0n) is 11.8. The first-order chi connectivity index (χ1) is 9.89. The van der Waals surface area contributed by atoms with Crippen LogP contribution in [0.5, 0.6) is 0 Å². The number of nitrogen functional groups attached to an aromatic ring is 1. The fourth-order valence-electron chi connectivity index (χ4n) is 2.67. The van der Waals surface area contributed by atoms with E-state index in [2.05, 4.69) is 4.98 Å². The van der Waals surface area contributed by atoms with E-state index in [0.29, 0.717) is 38.2 Å². The maximum Gasteiger partial charge on any atom is 0.311 e. The van der Waals surface area contributed by atoms with E-state index in [1.807, 2.05) is 11.8 Å². The van der Waals surface area contributed by atoms with E-state index in [9.17, 15) is 20.0 Å². The molecule has 0 bridgehead atoms. The lowest BCUT2D eigenvalue weighted by atomic mass is 9.76. The Bertz CT molecular complexity index is 567. The molecule has 0 spiro atoms. The molecule has 0 aromatic carbocycles. The van der Waals surface area contributed by atoms with Gasteiger partial charge in [0.15, 0.2) is 0 Å². The van der Waals surface area contributed by atoms with Crippen molar-refractivity contribution in [3.05, 3.63) is 22.2 Å². The number of carboxylic acid groups (broad SMARTS) is 1. The first-order valence-electron chi connectivity index (χ1n) is 6.79. The molecule has 1 fully saturated rings. The van der Waals surface area contributed by atoms with Crippen LogP contribution in [-0.2, 0) is 4.79 Å². The van der Waals surface area contributed by atoms with Crippen LogP contribution < -0.4 is 10.6 Å². The minimum absolute atomic E-state index is 0.122. The van der Waals surface area contributed by atoms with Gasteiger partial charge < -0.3 is 15.7 Å². The van der Waals surface area contributed by atoms with Gasteiger partial charge in [0.05, 0.1) is 10.3 Å². The molecule has 2 rings (SSSR count). The zero-order chi connectivity index (χ0) is 15.6. The van der Waals surface area contributed by atoms with Crippen molar-refractivity contribution in [2.75, 3.05) is 23.7 Å². The monoisotopic (exact) mass is 294 g/mol. The number of carbonyl (C=O) groups is 1. The standard InChI is InChI=1S/C13H18N4O4/c1-2-13(12(18)19)5-7-16(8-6-13)10-4-3-9(17(20)21)11(14)15-10/h3-4H,2,5-8H2,1H3,(H2,14,15)(H,18,19). The number of rotatable bonds is 4. The van der Waals surface area contributed by atoms with E-state index in [4.69, 9.17) is 5.73 Å². The average molecular weight is 294 g/mol. The van der Waals surface area contributed by atoms with E-state index >= 15 is 0 Å². The minimum atomic E-state index is -0.763. The van der Waals surface area contributed by atoms with Crippen LogP contribution in [0.2, 0.25) is 0 Å². The largest absolute Gasteiger partial charge is 0.481 e. The van der Waals surface area contributed by atoms with Gasteiger partial charge in [-0.15, -0.1) is 0 Å². The van der Waals surface area contributed by atoms with Crippen LogP contribution in [0, 0.1) is 15.5 Å². The topological polar surface area (TPSA) is 123 Å². The molecule has 114 valence electrons. The van der Waals surface area contributed by atoms with Crippen molar-refractivity contribution < 1.29 is 14.8 Å². The lowest BCUT2D eigenvalue weighted by Gasteiger charge is -2.38. The Morgan fingerprint density at radius 3 is 2.57 bits per heavy atom. The van der Waals surface area contributed by atoms with Crippen molar-refractivity contribution in [3.63, 3.8) is 0 Å². The molecule has 3 N–H and O–H groups in total. The van der Waals surface area contributed by atoms with Gasteiger partial charge in [-0.25, -0.2) is 4.98 Å². The number of hydrogen-bond donors (Lipinski definition) is 2. The Morgan fingerprint density at radius 1 is 1.52 bits per heavy atom. The molecule has 8 nitrogen and oxygen atoms in total. The average Bonchev–Trinajstić information content (AvgIpc) is 2.46. The van der Waals surface area contributed by atoms with Gasteiger partial charge in [-0.2, -0.15) is 0 Å². The van der Waals surface area contributed by atoms with Crippen LogP contribution in [0.15, 0.2) is 12.1 Å². The van der Waals surface area contributed by atoms with Crippen LogP contribution in [0.25, 0.3) is 0 Å². The van der Waals surface area contributed by atoms with Gasteiger partial charge >= 0.3 is 11.7 Å². The molecule has 1 aliphatic heterocycles. The number of nitrogens with zero attached hydrogens (tertiary/aromatic N) is 3. The fraction of sp³-hybridized carbons (Fsp3) is 0.538. The Kier molecular flexibility index (Phi) is 3.97. The summed E-state index contributed by atoms with van der Waals surface area (Å²) < 4.78 is 0. The highest BCUT2D eigenvalue weighted by atomic mass is 16.6. The van der Waals surface area contributed by atoms with Crippen molar-refractivity contribution in [3.8, 4) is 0 Å². The van der Waals surface area contributed by atoms with Crippen LogP contribution in [0.1, 0.15) is 26.2 Å². The van der Waals surface area contributed by atoms with Crippen LogP contribution in [0.4, 0.5) is 17.3 Å². The smallest absolute Gasteiger partial charge is 0.311 e. The first kappa shape index (κ1) is 15.0. The molecule has 1 aromatic rings. The predicted molar refractivity (Wildman–Crippen MR) is 77.1 cm³/mol. The number of aromatic nitrogens is 1. The van der Waals surface area contributed by atoms with Gasteiger partial charge in [0, 0.05) is 19.2 Å². The van der Waals surface area contributed by atoms with Gasteiger partial charge in [-0.1, -0.05) is 6.92 Å². The van der Waals surface area contributed by atoms with Crippen LogP contribution >= 0.6 is 0 Å². The Balaban J connectivity index is 2.14. The first-order valence-corrected chi connectivity index (χ1v) is 6.79. The lowest BCUT2D eigenvalue weighted by Crippen LogP contribution is -2.44. The number of carboxylic acids is 1. The van der Waals surface area contributed by atoms with E-state index in [1.54, 1.807) is 6.07 Å². The fourth-order valence-corrected chi connectivity index (χ4v) is 2.67. The Hall–Kier alpha value is -2.38. The molecule has 0 radical (unpaired) electrons. The van der Waals surface area contributed by atoms with Crippen molar-refractivity contribution in [1.29, 1.82) is 0 Å². The number of anilines is 2. The van der Waals surface area contributed by atoms with Gasteiger partial charge in [0.25, 0.3) is 0 Å². The molecule has 0 amide bonds. The van der Waals surface area contributed by atoms with E-state index in [1.165, 1.54) is 6.07 Å². The maximum atomic E-state index is 11.4. The summed E-state index contributed by atoms with van der Waals surface area (Å²) in [5.74, 6) is -0.336. The SMILES string of the molecule is CCC1(C(=O)O)CCN(c2ccc([N+](=O)[O-])c(N)n2)CC1. The summed E-state index contributed by atoms with van der Waals surface area (Å²) in [6.45, 7) is 2.97. The second kappa shape index (κ2) is 5.55. The van der Waals surface area contributed by atoms with Crippen molar-refractivity contribution in [2.45, 2.75) is 26.2 Å². The lowest BCUT2D eigenvalue weighted by molar-refractivity contribution is -0.384. The Morgan fingerprint density at radius 2 is 2.14 bits per heavy atom. The number of hydrogen-bond acceptors (Lipinski definition) is 6. The molecule has 21 heavy (non-hydrogen) atoms. The second-order valence-corrected chi connectivity index (χ2v) is 5.26. The van der Waals surface area contributed by atoms with Gasteiger partial charge in [0.2, 0.25) is 5.82 Å². The summed E-state index contributed by atoms with van der Waals surface area (Å²) in [5, 5.41) is 20.1. The maximum absolute atomic E-state index is 11.4. The van der Waals surface area contributed by atoms with Gasteiger partial charge in [0.1, 0.15) is 5.82 Å². The number of nitro groups is 1. The van der Waals surface area contributed by atoms with E-state index in [0.717, 1.165) is 0 Å². The molecule has 0 aliphatic carbocycles. The molecule has 1 aliphatic rings. The third-order valence-corrected chi connectivity index (χ3v) is 4.26.